The number of hydrogen-bond acceptors (Lipinski definition) is 5. The number of hydrogen-bond donors (Lipinski definition) is 0. The lowest BCUT2D eigenvalue weighted by Gasteiger charge is -2.27. The molecule has 152 valence electrons. The van der Waals surface area contributed by atoms with Crippen molar-refractivity contribution < 1.29 is 18.1 Å². The number of carbonyl (C=O) groups is 1. The molecule has 3 rings (SSSR count). The Bertz CT molecular complexity index is 1180. The first-order chi connectivity index (χ1) is 13.6. The first kappa shape index (κ1) is 20.5. The average Bonchev–Trinajstić information content (AvgIpc) is 3.03. The maximum Gasteiger partial charge on any atom is 0.270 e. The van der Waals surface area contributed by atoms with Crippen LogP contribution in [0.4, 0.5) is 11.4 Å². The molecule has 0 radical (unpaired) electrons. The molecule has 29 heavy (non-hydrogen) atoms. The summed E-state index contributed by atoms with van der Waals surface area (Å²) in [5, 5.41) is 11.6. The molecule has 0 saturated heterocycles. The topological polar surface area (TPSA) is 103 Å². The molecule has 9 heteroatoms. The molecule has 0 bridgehead atoms. The third kappa shape index (κ3) is 4.29. The summed E-state index contributed by atoms with van der Waals surface area (Å²) in [5.41, 5.74) is 1.32. The lowest BCUT2D eigenvalue weighted by molar-refractivity contribution is -0.384. The molecule has 0 spiro atoms. The van der Waals surface area contributed by atoms with Gasteiger partial charge in [0, 0.05) is 47.2 Å². The molecule has 3 aromatic rings. The van der Waals surface area contributed by atoms with E-state index in [-0.39, 0.29) is 29.1 Å². The Morgan fingerprint density at radius 3 is 2.34 bits per heavy atom. The van der Waals surface area contributed by atoms with Gasteiger partial charge in [-0.25, -0.2) is 8.42 Å². The molecule has 2 aromatic carbocycles. The van der Waals surface area contributed by atoms with Crippen LogP contribution in [0.15, 0.2) is 59.6 Å². The zero-order valence-electron chi connectivity index (χ0n) is 16.3. The van der Waals surface area contributed by atoms with Gasteiger partial charge in [-0.15, -0.1) is 0 Å². The SMILES string of the molecule is CC(C)N(C(=O)Cn1ccc2cc([N+](=O)[O-])ccc21)c1ccc(S(C)(=O)=O)cc1. The Labute approximate surface area is 168 Å². The van der Waals surface area contributed by atoms with Crippen molar-refractivity contribution in [3.05, 3.63) is 64.8 Å². The van der Waals surface area contributed by atoms with Gasteiger partial charge in [0.25, 0.3) is 5.69 Å². The number of amides is 1. The fourth-order valence-corrected chi connectivity index (χ4v) is 3.88. The minimum absolute atomic E-state index is 0.00338. The second kappa shape index (κ2) is 7.67. The summed E-state index contributed by atoms with van der Waals surface area (Å²) in [6.45, 7) is 3.80. The molecule has 0 unspecified atom stereocenters. The molecular weight excluding hydrogens is 394 g/mol. The highest BCUT2D eigenvalue weighted by Crippen LogP contribution is 2.24. The van der Waals surface area contributed by atoms with Gasteiger partial charge in [-0.1, -0.05) is 0 Å². The number of sulfone groups is 1. The van der Waals surface area contributed by atoms with Crippen molar-refractivity contribution in [2.75, 3.05) is 11.2 Å². The van der Waals surface area contributed by atoms with Crippen molar-refractivity contribution >= 4 is 38.0 Å². The lowest BCUT2D eigenvalue weighted by atomic mass is 10.2. The number of non-ortho nitro benzene ring substituents is 1. The van der Waals surface area contributed by atoms with E-state index in [1.165, 1.54) is 24.3 Å². The van der Waals surface area contributed by atoms with E-state index in [1.54, 1.807) is 39.9 Å². The number of fused-ring (bicyclic) bond motifs is 1. The van der Waals surface area contributed by atoms with E-state index in [0.717, 1.165) is 11.8 Å². The van der Waals surface area contributed by atoms with Gasteiger partial charge in [0.2, 0.25) is 5.91 Å². The van der Waals surface area contributed by atoms with Gasteiger partial charge in [-0.05, 0) is 50.2 Å². The summed E-state index contributed by atoms with van der Waals surface area (Å²) >= 11 is 0. The van der Waals surface area contributed by atoms with Crippen molar-refractivity contribution in [1.29, 1.82) is 0 Å². The Kier molecular flexibility index (Phi) is 5.43. The van der Waals surface area contributed by atoms with Crippen LogP contribution >= 0.6 is 0 Å². The van der Waals surface area contributed by atoms with Gasteiger partial charge in [0.15, 0.2) is 9.84 Å². The first-order valence-corrected chi connectivity index (χ1v) is 10.8. The summed E-state index contributed by atoms with van der Waals surface area (Å²) in [6.07, 6.45) is 2.85. The second-order valence-electron chi connectivity index (χ2n) is 7.07. The van der Waals surface area contributed by atoms with E-state index in [0.29, 0.717) is 11.1 Å². The fraction of sp³-hybridized carbons (Fsp3) is 0.250. The van der Waals surface area contributed by atoms with E-state index >= 15 is 0 Å². The Morgan fingerprint density at radius 2 is 1.79 bits per heavy atom. The number of nitrogens with zero attached hydrogens (tertiary/aromatic N) is 3. The van der Waals surface area contributed by atoms with Crippen LogP contribution in [0.3, 0.4) is 0 Å². The summed E-state index contributed by atoms with van der Waals surface area (Å²) in [7, 11) is -3.32. The van der Waals surface area contributed by atoms with Crippen LogP contribution in [0, 0.1) is 10.1 Å². The molecule has 1 amide bonds. The highest BCUT2D eigenvalue weighted by Gasteiger charge is 2.21. The van der Waals surface area contributed by atoms with Crippen molar-refractivity contribution in [1.82, 2.24) is 4.57 Å². The van der Waals surface area contributed by atoms with Crippen LogP contribution in [0.25, 0.3) is 10.9 Å². The van der Waals surface area contributed by atoms with Gasteiger partial charge in [0.05, 0.1) is 9.82 Å². The zero-order chi connectivity index (χ0) is 21.3. The third-order valence-corrected chi connectivity index (χ3v) is 5.73. The van der Waals surface area contributed by atoms with E-state index in [2.05, 4.69) is 0 Å². The molecule has 1 heterocycles. The van der Waals surface area contributed by atoms with Crippen molar-refractivity contribution in [3.63, 3.8) is 0 Å². The van der Waals surface area contributed by atoms with Crippen molar-refractivity contribution in [2.24, 2.45) is 0 Å². The summed E-state index contributed by atoms with van der Waals surface area (Å²) in [5.74, 6) is -0.178. The van der Waals surface area contributed by atoms with E-state index < -0.39 is 14.8 Å². The van der Waals surface area contributed by atoms with Gasteiger partial charge < -0.3 is 9.47 Å². The van der Waals surface area contributed by atoms with E-state index in [4.69, 9.17) is 0 Å². The molecule has 0 fully saturated rings. The molecule has 0 saturated carbocycles. The normalized spacial score (nSPS) is 11.7. The fourth-order valence-electron chi connectivity index (χ4n) is 3.24. The van der Waals surface area contributed by atoms with E-state index in [9.17, 15) is 23.3 Å². The first-order valence-electron chi connectivity index (χ1n) is 8.93. The Hall–Kier alpha value is -3.20. The number of nitro groups is 1. The van der Waals surface area contributed by atoms with Gasteiger partial charge >= 0.3 is 0 Å². The highest BCUT2D eigenvalue weighted by atomic mass is 32.2. The molecule has 1 aromatic heterocycles. The largest absolute Gasteiger partial charge is 0.338 e. The molecular formula is C20H21N3O5S. The average molecular weight is 415 g/mol. The molecule has 0 aliphatic carbocycles. The van der Waals surface area contributed by atoms with Crippen LogP contribution in [0.2, 0.25) is 0 Å². The highest BCUT2D eigenvalue weighted by molar-refractivity contribution is 7.90. The van der Waals surface area contributed by atoms with Crippen molar-refractivity contribution in [2.45, 2.75) is 31.3 Å². The third-order valence-electron chi connectivity index (χ3n) is 4.60. The number of aromatic nitrogens is 1. The maximum atomic E-state index is 13.0. The predicted molar refractivity (Wildman–Crippen MR) is 111 cm³/mol. The molecule has 0 atom stereocenters. The minimum Gasteiger partial charge on any atom is -0.338 e. The molecule has 0 aliphatic rings. The quantitative estimate of drug-likeness (QED) is 0.453. The number of benzene rings is 2. The zero-order valence-corrected chi connectivity index (χ0v) is 17.1. The van der Waals surface area contributed by atoms with Crippen molar-refractivity contribution in [3.8, 4) is 0 Å². The Balaban J connectivity index is 1.89. The standard InChI is InChI=1S/C20H21N3O5S/c1-14(2)22(16-4-7-18(8-5-16)29(3,27)28)20(24)13-21-11-10-15-12-17(23(25)26)6-9-19(15)21/h4-12,14H,13H2,1-3H3. The number of nitro benzene ring substituents is 1. The van der Waals surface area contributed by atoms with Gasteiger partial charge in [-0.3, -0.25) is 14.9 Å². The summed E-state index contributed by atoms with van der Waals surface area (Å²) in [6, 6.07) is 12.3. The maximum absolute atomic E-state index is 13.0. The monoisotopic (exact) mass is 415 g/mol. The summed E-state index contributed by atoms with van der Waals surface area (Å²) in [4.78, 5) is 25.3. The number of anilines is 1. The molecule has 0 aliphatic heterocycles. The van der Waals surface area contributed by atoms with Crippen LogP contribution < -0.4 is 4.90 Å². The predicted octanol–water partition coefficient (Wildman–Crippen LogP) is 3.39. The van der Waals surface area contributed by atoms with Crippen LogP contribution in [-0.4, -0.2) is 36.1 Å². The molecule has 0 N–H and O–H groups in total. The van der Waals surface area contributed by atoms with Crippen LogP contribution in [0.1, 0.15) is 13.8 Å². The number of rotatable bonds is 6. The van der Waals surface area contributed by atoms with E-state index in [1.807, 2.05) is 13.8 Å². The van der Waals surface area contributed by atoms with Gasteiger partial charge in [0.1, 0.15) is 6.54 Å². The Morgan fingerprint density at radius 1 is 1.14 bits per heavy atom. The van der Waals surface area contributed by atoms with Crippen LogP contribution in [0.5, 0.6) is 0 Å². The second-order valence-corrected chi connectivity index (χ2v) is 9.08. The lowest BCUT2D eigenvalue weighted by Crippen LogP contribution is -2.39. The smallest absolute Gasteiger partial charge is 0.270 e. The molecule has 8 nitrogen and oxygen atoms in total. The summed E-state index contributed by atoms with van der Waals surface area (Å²) < 4.78 is 25.1. The minimum atomic E-state index is -3.32. The van der Waals surface area contributed by atoms with Crippen LogP contribution in [-0.2, 0) is 21.2 Å². The number of carbonyl (C=O) groups excluding carboxylic acids is 1. The van der Waals surface area contributed by atoms with Gasteiger partial charge in [-0.2, -0.15) is 0 Å².